The van der Waals surface area contributed by atoms with Crippen LogP contribution in [0.25, 0.3) is 0 Å². The Hall–Kier alpha value is -0.830. The van der Waals surface area contributed by atoms with Crippen LogP contribution in [0.5, 0.6) is 0 Å². The lowest BCUT2D eigenvalue weighted by Gasteiger charge is -2.23. The summed E-state index contributed by atoms with van der Waals surface area (Å²) < 4.78 is 5.84. The number of esters is 1. The van der Waals surface area contributed by atoms with Crippen molar-refractivity contribution in [2.75, 3.05) is 34.3 Å². The highest BCUT2D eigenvalue weighted by atomic mass is 16.5. The molecule has 13 heavy (non-hydrogen) atoms. The van der Waals surface area contributed by atoms with Gasteiger partial charge in [-0.25, -0.2) is 4.79 Å². The highest BCUT2D eigenvalue weighted by molar-refractivity contribution is 5.86. The number of carbonyl (C=O) groups excluding carboxylic acids is 1. The molecule has 0 saturated carbocycles. The average Bonchev–Trinajstić information content (AvgIpc) is 1.95. The van der Waals surface area contributed by atoms with Gasteiger partial charge < -0.3 is 9.22 Å². The van der Waals surface area contributed by atoms with Gasteiger partial charge in [0.1, 0.15) is 0 Å². The van der Waals surface area contributed by atoms with E-state index >= 15 is 0 Å². The number of rotatable bonds is 5. The first-order chi connectivity index (χ1) is 5.83. The number of hydrogen-bond acceptors (Lipinski definition) is 2. The van der Waals surface area contributed by atoms with E-state index in [0.29, 0.717) is 12.2 Å². The van der Waals surface area contributed by atoms with E-state index in [1.165, 1.54) is 0 Å². The summed E-state index contributed by atoms with van der Waals surface area (Å²) in [5.74, 6) is -0.290. The minimum absolute atomic E-state index is 0.290. The van der Waals surface area contributed by atoms with Gasteiger partial charge in [0.05, 0.1) is 34.3 Å². The van der Waals surface area contributed by atoms with Crippen molar-refractivity contribution in [3.8, 4) is 0 Å². The molecule has 0 atom stereocenters. The number of nitrogens with zero attached hydrogens (tertiary/aromatic N) is 1. The number of carbonyl (C=O) groups is 1. The zero-order valence-corrected chi connectivity index (χ0v) is 9.09. The first-order valence-corrected chi connectivity index (χ1v) is 4.46. The van der Waals surface area contributed by atoms with Crippen molar-refractivity contribution in [3.05, 3.63) is 12.2 Å². The normalized spacial score (nSPS) is 11.1. The average molecular weight is 186 g/mol. The number of ether oxygens (including phenoxy) is 1. The highest BCUT2D eigenvalue weighted by Gasteiger charge is 2.07. The van der Waals surface area contributed by atoms with Gasteiger partial charge in [-0.15, -0.1) is 0 Å². The van der Waals surface area contributed by atoms with Crippen molar-refractivity contribution in [3.63, 3.8) is 0 Å². The fourth-order valence-electron chi connectivity index (χ4n) is 0.827. The molecule has 0 spiro atoms. The second kappa shape index (κ2) is 5.02. The van der Waals surface area contributed by atoms with Gasteiger partial charge in [0.2, 0.25) is 0 Å². The molecule has 0 heterocycles. The second-order valence-electron chi connectivity index (χ2n) is 4.28. The molecular formula is C10H20NO2+. The van der Waals surface area contributed by atoms with Crippen LogP contribution in [0.2, 0.25) is 0 Å². The van der Waals surface area contributed by atoms with Gasteiger partial charge >= 0.3 is 5.97 Å². The number of hydrogen-bond donors (Lipinski definition) is 0. The fraction of sp³-hybridized carbons (Fsp3) is 0.700. The Balaban J connectivity index is 3.47. The summed E-state index contributed by atoms with van der Waals surface area (Å²) in [7, 11) is 6.34. The predicted molar refractivity (Wildman–Crippen MR) is 53.3 cm³/mol. The van der Waals surface area contributed by atoms with Crippen LogP contribution in [0, 0.1) is 0 Å². The Morgan fingerprint density at radius 1 is 1.38 bits per heavy atom. The van der Waals surface area contributed by atoms with Crippen LogP contribution < -0.4 is 0 Å². The number of quaternary nitrogens is 1. The standard InChI is InChI=1S/C10H20NO2/c1-9(2)10(12)13-8-6-7-11(3,4)5/h1,6-8H2,2-5H3/q+1. The molecule has 0 bridgehead atoms. The molecular weight excluding hydrogens is 166 g/mol. The van der Waals surface area contributed by atoms with E-state index in [4.69, 9.17) is 4.74 Å². The Labute approximate surface area is 80.6 Å². The quantitative estimate of drug-likeness (QED) is 0.279. The molecule has 0 rings (SSSR count). The molecule has 0 aromatic rings. The van der Waals surface area contributed by atoms with E-state index in [2.05, 4.69) is 27.7 Å². The van der Waals surface area contributed by atoms with E-state index < -0.39 is 0 Å². The molecule has 0 aromatic heterocycles. The summed E-state index contributed by atoms with van der Waals surface area (Å²) in [6.07, 6.45) is 0.891. The summed E-state index contributed by atoms with van der Waals surface area (Å²) in [6, 6.07) is 0. The molecule has 3 heteroatoms. The first kappa shape index (κ1) is 12.2. The topological polar surface area (TPSA) is 26.3 Å². The van der Waals surface area contributed by atoms with Gasteiger partial charge in [-0.3, -0.25) is 0 Å². The van der Waals surface area contributed by atoms with Crippen LogP contribution >= 0.6 is 0 Å². The molecule has 0 saturated heterocycles. The van der Waals surface area contributed by atoms with Crippen molar-refractivity contribution in [2.45, 2.75) is 13.3 Å². The van der Waals surface area contributed by atoms with Gasteiger partial charge in [-0.2, -0.15) is 0 Å². The Bertz CT molecular complexity index is 192. The molecule has 0 radical (unpaired) electrons. The summed E-state index contributed by atoms with van der Waals surface area (Å²) in [5, 5.41) is 0. The Morgan fingerprint density at radius 2 is 1.92 bits per heavy atom. The smallest absolute Gasteiger partial charge is 0.333 e. The lowest BCUT2D eigenvalue weighted by Crippen LogP contribution is -2.35. The summed E-state index contributed by atoms with van der Waals surface area (Å²) in [4.78, 5) is 10.9. The molecule has 0 aromatic carbocycles. The van der Waals surface area contributed by atoms with E-state index in [0.717, 1.165) is 17.4 Å². The van der Waals surface area contributed by atoms with Gasteiger partial charge in [-0.05, 0) is 6.92 Å². The maximum absolute atomic E-state index is 10.9. The Kier molecular flexibility index (Phi) is 4.70. The lowest BCUT2D eigenvalue weighted by molar-refractivity contribution is -0.870. The summed E-state index contributed by atoms with van der Waals surface area (Å²) in [6.45, 7) is 6.65. The monoisotopic (exact) mass is 186 g/mol. The molecule has 0 N–H and O–H groups in total. The van der Waals surface area contributed by atoms with Gasteiger partial charge in [0.25, 0.3) is 0 Å². The molecule has 0 unspecified atom stereocenters. The minimum atomic E-state index is -0.290. The van der Waals surface area contributed by atoms with Gasteiger partial charge in [0.15, 0.2) is 0 Å². The third-order valence-electron chi connectivity index (χ3n) is 1.55. The maximum Gasteiger partial charge on any atom is 0.333 e. The van der Waals surface area contributed by atoms with E-state index in [-0.39, 0.29) is 5.97 Å². The molecule has 0 fully saturated rings. The maximum atomic E-state index is 10.9. The zero-order valence-electron chi connectivity index (χ0n) is 9.09. The lowest BCUT2D eigenvalue weighted by atomic mass is 10.3. The highest BCUT2D eigenvalue weighted by Crippen LogP contribution is 1.96. The SMILES string of the molecule is C=C(C)C(=O)OCCC[N+](C)(C)C. The second-order valence-corrected chi connectivity index (χ2v) is 4.28. The molecule has 0 aliphatic rings. The zero-order chi connectivity index (χ0) is 10.5. The van der Waals surface area contributed by atoms with Crippen molar-refractivity contribution in [2.24, 2.45) is 0 Å². The third kappa shape index (κ3) is 7.53. The van der Waals surface area contributed by atoms with Gasteiger partial charge in [0, 0.05) is 12.0 Å². The van der Waals surface area contributed by atoms with Crippen molar-refractivity contribution >= 4 is 5.97 Å². The largest absolute Gasteiger partial charge is 0.462 e. The van der Waals surface area contributed by atoms with Crippen molar-refractivity contribution in [1.82, 2.24) is 0 Å². The fourth-order valence-corrected chi connectivity index (χ4v) is 0.827. The molecule has 0 aliphatic carbocycles. The minimum Gasteiger partial charge on any atom is -0.462 e. The van der Waals surface area contributed by atoms with Crippen LogP contribution in [-0.2, 0) is 9.53 Å². The van der Waals surface area contributed by atoms with Crippen LogP contribution in [0.1, 0.15) is 13.3 Å². The molecule has 0 amide bonds. The predicted octanol–water partition coefficient (Wildman–Crippen LogP) is 1.20. The molecule has 3 nitrogen and oxygen atoms in total. The van der Waals surface area contributed by atoms with Crippen LogP contribution in [0.15, 0.2) is 12.2 Å². The first-order valence-electron chi connectivity index (χ1n) is 4.46. The van der Waals surface area contributed by atoms with E-state index in [9.17, 15) is 4.79 Å². The van der Waals surface area contributed by atoms with Crippen molar-refractivity contribution in [1.29, 1.82) is 0 Å². The van der Waals surface area contributed by atoms with Crippen molar-refractivity contribution < 1.29 is 14.0 Å². The molecule has 0 aliphatic heterocycles. The van der Waals surface area contributed by atoms with Gasteiger partial charge in [-0.1, -0.05) is 6.58 Å². The Morgan fingerprint density at radius 3 is 2.31 bits per heavy atom. The van der Waals surface area contributed by atoms with Crippen LogP contribution in [0.4, 0.5) is 0 Å². The van der Waals surface area contributed by atoms with E-state index in [1.54, 1.807) is 6.92 Å². The van der Waals surface area contributed by atoms with E-state index in [1.807, 2.05) is 0 Å². The van der Waals surface area contributed by atoms with Crippen LogP contribution in [-0.4, -0.2) is 44.7 Å². The summed E-state index contributed by atoms with van der Waals surface area (Å²) in [5.41, 5.74) is 0.463. The third-order valence-corrected chi connectivity index (χ3v) is 1.55. The molecule has 76 valence electrons. The van der Waals surface area contributed by atoms with Crippen LogP contribution in [0.3, 0.4) is 0 Å². The summed E-state index contributed by atoms with van der Waals surface area (Å²) >= 11 is 0.